The van der Waals surface area contributed by atoms with Gasteiger partial charge in [0, 0.05) is 10.9 Å². The number of ether oxygens (including phenoxy) is 1. The first-order valence-corrected chi connectivity index (χ1v) is 6.35. The quantitative estimate of drug-likeness (QED) is 0.680. The van der Waals surface area contributed by atoms with E-state index in [4.69, 9.17) is 16.3 Å². The Balaban J connectivity index is 2.14. The minimum absolute atomic E-state index is 0.719. The summed E-state index contributed by atoms with van der Waals surface area (Å²) in [6, 6.07) is 17.5. The van der Waals surface area contributed by atoms with Crippen molar-refractivity contribution in [2.45, 2.75) is 0 Å². The summed E-state index contributed by atoms with van der Waals surface area (Å²) in [5, 5.41) is 1.69. The van der Waals surface area contributed by atoms with Crippen LogP contribution in [0.3, 0.4) is 0 Å². The maximum Gasteiger partial charge on any atom is 0.118 e. The molecule has 0 aliphatic carbocycles. The monoisotopic (exact) mass is 269 g/mol. The number of pyridine rings is 1. The molecular formula is C16H12ClNO. The summed E-state index contributed by atoms with van der Waals surface area (Å²) in [6.45, 7) is 0. The van der Waals surface area contributed by atoms with Crippen molar-refractivity contribution in [2.24, 2.45) is 0 Å². The van der Waals surface area contributed by atoms with E-state index in [-0.39, 0.29) is 0 Å². The first-order valence-electron chi connectivity index (χ1n) is 5.97. The van der Waals surface area contributed by atoms with E-state index in [1.54, 1.807) is 7.11 Å². The number of hydrogen-bond acceptors (Lipinski definition) is 2. The summed E-state index contributed by atoms with van der Waals surface area (Å²) < 4.78 is 5.15. The molecule has 0 aliphatic heterocycles. The van der Waals surface area contributed by atoms with Gasteiger partial charge in [-0.15, -0.1) is 0 Å². The zero-order chi connectivity index (χ0) is 13.2. The Labute approximate surface area is 116 Å². The van der Waals surface area contributed by atoms with Crippen LogP contribution in [0, 0.1) is 0 Å². The van der Waals surface area contributed by atoms with Crippen molar-refractivity contribution in [1.82, 2.24) is 4.98 Å². The third kappa shape index (κ3) is 2.27. The SMILES string of the molecule is COc1ccc(-c2cc(Cl)c3ccccc3n2)cc1. The minimum atomic E-state index is 0.719. The molecule has 3 heteroatoms. The predicted molar refractivity (Wildman–Crippen MR) is 78.7 cm³/mol. The average molecular weight is 270 g/mol. The Morgan fingerprint density at radius 2 is 1.74 bits per heavy atom. The van der Waals surface area contributed by atoms with E-state index in [0.717, 1.165) is 32.9 Å². The van der Waals surface area contributed by atoms with Crippen LogP contribution in [0.1, 0.15) is 0 Å². The molecule has 0 bridgehead atoms. The summed E-state index contributed by atoms with van der Waals surface area (Å²) in [5.41, 5.74) is 2.79. The first-order chi connectivity index (χ1) is 9.28. The number of nitrogens with zero attached hydrogens (tertiary/aromatic N) is 1. The number of benzene rings is 2. The number of rotatable bonds is 2. The highest BCUT2D eigenvalue weighted by molar-refractivity contribution is 6.35. The van der Waals surface area contributed by atoms with Crippen LogP contribution in [0.2, 0.25) is 5.02 Å². The smallest absolute Gasteiger partial charge is 0.118 e. The molecule has 0 fully saturated rings. The van der Waals surface area contributed by atoms with Gasteiger partial charge < -0.3 is 4.74 Å². The number of methoxy groups -OCH3 is 1. The van der Waals surface area contributed by atoms with Crippen molar-refractivity contribution >= 4 is 22.5 Å². The van der Waals surface area contributed by atoms with Gasteiger partial charge in [-0.1, -0.05) is 29.8 Å². The molecule has 0 radical (unpaired) electrons. The molecule has 0 aliphatic rings. The zero-order valence-corrected chi connectivity index (χ0v) is 11.2. The van der Waals surface area contributed by atoms with Crippen molar-refractivity contribution in [3.8, 4) is 17.0 Å². The largest absolute Gasteiger partial charge is 0.497 e. The Morgan fingerprint density at radius 1 is 1.00 bits per heavy atom. The molecule has 94 valence electrons. The van der Waals surface area contributed by atoms with Gasteiger partial charge >= 0.3 is 0 Å². The van der Waals surface area contributed by atoms with E-state index in [1.807, 2.05) is 54.6 Å². The molecule has 0 spiro atoms. The van der Waals surface area contributed by atoms with Crippen molar-refractivity contribution < 1.29 is 4.74 Å². The highest BCUT2D eigenvalue weighted by Gasteiger charge is 2.05. The zero-order valence-electron chi connectivity index (χ0n) is 10.4. The molecule has 0 saturated carbocycles. The van der Waals surface area contributed by atoms with Gasteiger partial charge in [-0.2, -0.15) is 0 Å². The average Bonchev–Trinajstić information content (AvgIpc) is 2.47. The van der Waals surface area contributed by atoms with Crippen LogP contribution >= 0.6 is 11.6 Å². The van der Waals surface area contributed by atoms with Crippen molar-refractivity contribution in [3.05, 3.63) is 59.6 Å². The molecule has 0 saturated heterocycles. The lowest BCUT2D eigenvalue weighted by molar-refractivity contribution is 0.415. The summed E-state index contributed by atoms with van der Waals surface area (Å²) in [5.74, 6) is 0.829. The number of hydrogen-bond donors (Lipinski definition) is 0. The second-order valence-electron chi connectivity index (χ2n) is 4.23. The molecule has 2 aromatic carbocycles. The molecule has 0 atom stereocenters. The molecule has 2 nitrogen and oxygen atoms in total. The lowest BCUT2D eigenvalue weighted by atomic mass is 10.1. The van der Waals surface area contributed by atoms with Crippen LogP contribution < -0.4 is 4.74 Å². The fourth-order valence-electron chi connectivity index (χ4n) is 2.04. The van der Waals surface area contributed by atoms with E-state index in [0.29, 0.717) is 0 Å². The van der Waals surface area contributed by atoms with E-state index >= 15 is 0 Å². The van der Waals surface area contributed by atoms with Gasteiger partial charge in [0.05, 0.1) is 23.3 Å². The second kappa shape index (κ2) is 4.90. The maximum atomic E-state index is 6.31. The van der Waals surface area contributed by atoms with Gasteiger partial charge in [0.25, 0.3) is 0 Å². The van der Waals surface area contributed by atoms with Gasteiger partial charge in [0.2, 0.25) is 0 Å². The van der Waals surface area contributed by atoms with Gasteiger partial charge in [0.1, 0.15) is 5.75 Å². The van der Waals surface area contributed by atoms with E-state index in [9.17, 15) is 0 Å². The molecule has 0 unspecified atom stereocenters. The standard InChI is InChI=1S/C16H12ClNO/c1-19-12-8-6-11(7-9-12)16-10-14(17)13-4-2-3-5-15(13)18-16/h2-10H,1H3. The lowest BCUT2D eigenvalue weighted by Crippen LogP contribution is -1.87. The van der Waals surface area contributed by atoms with E-state index < -0.39 is 0 Å². The van der Waals surface area contributed by atoms with Crippen LogP contribution in [-0.2, 0) is 0 Å². The van der Waals surface area contributed by atoms with Gasteiger partial charge in [-0.05, 0) is 36.4 Å². The summed E-state index contributed by atoms with van der Waals surface area (Å²) >= 11 is 6.31. The Kier molecular flexibility index (Phi) is 3.10. The molecule has 1 aromatic heterocycles. The Hall–Kier alpha value is -2.06. The molecule has 19 heavy (non-hydrogen) atoms. The molecule has 3 rings (SSSR count). The lowest BCUT2D eigenvalue weighted by Gasteiger charge is -2.06. The summed E-state index contributed by atoms with van der Waals surface area (Å²) in [6.07, 6.45) is 0. The topological polar surface area (TPSA) is 22.1 Å². The molecule has 1 heterocycles. The number of para-hydroxylation sites is 1. The fourth-order valence-corrected chi connectivity index (χ4v) is 2.31. The van der Waals surface area contributed by atoms with Crippen LogP contribution in [0.5, 0.6) is 5.75 Å². The van der Waals surface area contributed by atoms with Crippen molar-refractivity contribution in [3.63, 3.8) is 0 Å². The fraction of sp³-hybridized carbons (Fsp3) is 0.0625. The summed E-state index contributed by atoms with van der Waals surface area (Å²) in [7, 11) is 1.65. The highest BCUT2D eigenvalue weighted by Crippen LogP contribution is 2.28. The number of aromatic nitrogens is 1. The highest BCUT2D eigenvalue weighted by atomic mass is 35.5. The molecule has 3 aromatic rings. The Bertz CT molecular complexity index is 722. The van der Waals surface area contributed by atoms with Gasteiger partial charge in [0.15, 0.2) is 0 Å². The van der Waals surface area contributed by atoms with E-state index in [2.05, 4.69) is 4.98 Å². The summed E-state index contributed by atoms with van der Waals surface area (Å²) in [4.78, 5) is 4.64. The normalized spacial score (nSPS) is 10.6. The molecule has 0 amide bonds. The van der Waals surface area contributed by atoms with Gasteiger partial charge in [-0.3, -0.25) is 0 Å². The van der Waals surface area contributed by atoms with Crippen LogP contribution in [0.4, 0.5) is 0 Å². The molecule has 0 N–H and O–H groups in total. The third-order valence-corrected chi connectivity index (χ3v) is 3.36. The van der Waals surface area contributed by atoms with E-state index in [1.165, 1.54) is 0 Å². The second-order valence-corrected chi connectivity index (χ2v) is 4.64. The van der Waals surface area contributed by atoms with Gasteiger partial charge in [-0.25, -0.2) is 4.98 Å². The Morgan fingerprint density at radius 3 is 2.47 bits per heavy atom. The maximum absolute atomic E-state index is 6.31. The van der Waals surface area contributed by atoms with Crippen LogP contribution in [0.15, 0.2) is 54.6 Å². The van der Waals surface area contributed by atoms with Crippen LogP contribution in [-0.4, -0.2) is 12.1 Å². The number of halogens is 1. The predicted octanol–water partition coefficient (Wildman–Crippen LogP) is 4.56. The number of fused-ring (bicyclic) bond motifs is 1. The van der Waals surface area contributed by atoms with Crippen LogP contribution in [0.25, 0.3) is 22.2 Å². The van der Waals surface area contributed by atoms with Crippen molar-refractivity contribution in [1.29, 1.82) is 0 Å². The van der Waals surface area contributed by atoms with Crippen molar-refractivity contribution in [2.75, 3.05) is 7.11 Å². The third-order valence-electron chi connectivity index (χ3n) is 3.05. The first kappa shape index (κ1) is 12.0. The minimum Gasteiger partial charge on any atom is -0.497 e. The molecular weight excluding hydrogens is 258 g/mol.